The number of benzene rings is 4. The first kappa shape index (κ1) is 29.5. The highest BCUT2D eigenvalue weighted by molar-refractivity contribution is 8.19. The predicted octanol–water partition coefficient (Wildman–Crippen LogP) is 10.4. The molecule has 1 aliphatic heterocycles. The topological polar surface area (TPSA) is 41.9 Å². The number of nitrogens with zero attached hydrogens (tertiary/aromatic N) is 2. The van der Waals surface area contributed by atoms with Crippen molar-refractivity contribution in [2.75, 3.05) is 4.90 Å². The summed E-state index contributed by atoms with van der Waals surface area (Å²) in [5.41, 5.74) is 4.22. The van der Waals surface area contributed by atoms with Gasteiger partial charge in [0.2, 0.25) is 0 Å². The Morgan fingerprint density at radius 1 is 0.878 bits per heavy atom. The summed E-state index contributed by atoms with van der Waals surface area (Å²) in [6.07, 6.45) is 1.69. The minimum atomic E-state index is -0.362. The molecule has 4 aromatic carbocycles. The number of anilines is 1. The number of amides is 1. The minimum absolute atomic E-state index is 0.0862. The lowest BCUT2D eigenvalue weighted by molar-refractivity contribution is -0.113. The Kier molecular flexibility index (Phi) is 8.97. The van der Waals surface area contributed by atoms with Crippen LogP contribution >= 0.6 is 58.2 Å². The molecule has 0 aliphatic carbocycles. The molecule has 1 saturated heterocycles. The fourth-order valence-corrected chi connectivity index (χ4v) is 5.96. The number of rotatable bonds is 6. The summed E-state index contributed by atoms with van der Waals surface area (Å²) in [6, 6.07) is 20.2. The van der Waals surface area contributed by atoms with Crippen LogP contribution in [0.1, 0.15) is 22.3 Å². The largest absolute Gasteiger partial charge is 0.486 e. The van der Waals surface area contributed by atoms with Crippen LogP contribution in [0.15, 0.2) is 82.7 Å². The van der Waals surface area contributed by atoms with Gasteiger partial charge in [-0.25, -0.2) is 9.38 Å². The van der Waals surface area contributed by atoms with E-state index in [2.05, 4.69) is 0 Å². The van der Waals surface area contributed by atoms with Gasteiger partial charge in [-0.05, 0) is 102 Å². The highest BCUT2D eigenvalue weighted by Gasteiger charge is 2.35. The van der Waals surface area contributed by atoms with Gasteiger partial charge in [0.05, 0.1) is 26.3 Å². The molecule has 4 aromatic rings. The molecule has 41 heavy (non-hydrogen) atoms. The van der Waals surface area contributed by atoms with Crippen molar-refractivity contribution in [2.45, 2.75) is 20.5 Å². The quantitative estimate of drug-likeness (QED) is 0.196. The fraction of sp³-hybridized carbons (Fsp3) is 0.0968. The number of carbonyl (C=O) groups excluding carboxylic acids is 1. The molecule has 5 rings (SSSR count). The molecule has 1 aliphatic rings. The highest BCUT2D eigenvalue weighted by atomic mass is 35.5. The molecule has 0 spiro atoms. The van der Waals surface area contributed by atoms with E-state index in [0.717, 1.165) is 11.1 Å². The average molecular weight is 646 g/mol. The van der Waals surface area contributed by atoms with Gasteiger partial charge >= 0.3 is 0 Å². The highest BCUT2D eigenvalue weighted by Crippen LogP contribution is 2.41. The van der Waals surface area contributed by atoms with Gasteiger partial charge in [0, 0.05) is 10.0 Å². The van der Waals surface area contributed by atoms with Gasteiger partial charge in [0.25, 0.3) is 5.91 Å². The molecule has 0 unspecified atom stereocenters. The van der Waals surface area contributed by atoms with Gasteiger partial charge in [0.1, 0.15) is 12.4 Å². The van der Waals surface area contributed by atoms with Crippen LogP contribution in [0.4, 0.5) is 15.8 Å². The Morgan fingerprint density at radius 2 is 1.56 bits per heavy atom. The summed E-state index contributed by atoms with van der Waals surface area (Å²) in [6.45, 7) is 3.88. The van der Waals surface area contributed by atoms with Crippen LogP contribution in [-0.2, 0) is 11.4 Å². The Bertz CT molecular complexity index is 1720. The maximum Gasteiger partial charge on any atom is 0.271 e. The molecule has 0 aromatic heterocycles. The van der Waals surface area contributed by atoms with E-state index >= 15 is 0 Å². The van der Waals surface area contributed by atoms with E-state index in [9.17, 15) is 9.18 Å². The lowest BCUT2D eigenvalue weighted by Crippen LogP contribution is -2.28. The standard InChI is InChI=1S/C31H21Cl4FN2O2S/c1-17-6-8-22(14-24(17)32)37-31-38(23-9-7-18(2)25(33)15-23)30(39)28(41-31)13-20-11-26(34)29(27(35)12-20)40-16-19-4-3-5-21(36)10-19/h3-15H,16H2,1-2H3/b28-13+,37-31?. The van der Waals surface area contributed by atoms with Gasteiger partial charge in [-0.1, -0.05) is 70.7 Å². The van der Waals surface area contributed by atoms with Crippen LogP contribution in [0.2, 0.25) is 20.1 Å². The molecule has 10 heteroatoms. The molecule has 1 amide bonds. The van der Waals surface area contributed by atoms with Gasteiger partial charge in [-0.2, -0.15) is 0 Å². The van der Waals surface area contributed by atoms with E-state index in [4.69, 9.17) is 56.1 Å². The van der Waals surface area contributed by atoms with Crippen LogP contribution in [-0.4, -0.2) is 11.1 Å². The van der Waals surface area contributed by atoms with Gasteiger partial charge in [-0.3, -0.25) is 9.69 Å². The van der Waals surface area contributed by atoms with Crippen molar-refractivity contribution in [2.24, 2.45) is 4.99 Å². The number of thioether (sulfide) groups is 1. The molecular formula is C31H21Cl4FN2O2S. The first-order valence-corrected chi connectivity index (χ1v) is 14.6. The molecule has 0 atom stereocenters. The van der Waals surface area contributed by atoms with Crippen molar-refractivity contribution in [1.29, 1.82) is 0 Å². The van der Waals surface area contributed by atoms with Crippen LogP contribution < -0.4 is 9.64 Å². The first-order valence-electron chi connectivity index (χ1n) is 12.3. The van der Waals surface area contributed by atoms with Gasteiger partial charge in [-0.15, -0.1) is 0 Å². The van der Waals surface area contributed by atoms with E-state index in [1.165, 1.54) is 28.8 Å². The fourth-order valence-electron chi connectivity index (χ4n) is 3.99. The lowest BCUT2D eigenvalue weighted by atomic mass is 10.2. The van der Waals surface area contributed by atoms with Crippen molar-refractivity contribution in [3.8, 4) is 5.75 Å². The van der Waals surface area contributed by atoms with Crippen molar-refractivity contribution in [1.82, 2.24) is 0 Å². The number of amidine groups is 1. The second-order valence-corrected chi connectivity index (χ2v) is 11.9. The van der Waals surface area contributed by atoms with Crippen molar-refractivity contribution in [3.63, 3.8) is 0 Å². The molecule has 0 saturated carbocycles. The van der Waals surface area contributed by atoms with E-state index in [1.807, 2.05) is 38.1 Å². The molecule has 4 nitrogen and oxygen atoms in total. The summed E-state index contributed by atoms with van der Waals surface area (Å²) in [7, 11) is 0. The Hall–Kier alpha value is -3.00. The SMILES string of the molecule is Cc1ccc(N=C2S/C(=C/c3cc(Cl)c(OCc4cccc(F)c4)c(Cl)c3)C(=O)N2c2ccc(C)c(Cl)c2)cc1Cl. The molecule has 1 heterocycles. The lowest BCUT2D eigenvalue weighted by Gasteiger charge is -2.16. The Morgan fingerprint density at radius 3 is 2.22 bits per heavy atom. The first-order chi connectivity index (χ1) is 19.6. The monoisotopic (exact) mass is 644 g/mol. The Balaban J connectivity index is 1.48. The van der Waals surface area contributed by atoms with Gasteiger partial charge < -0.3 is 4.74 Å². The summed E-state index contributed by atoms with van der Waals surface area (Å²) in [5, 5.41) is 2.05. The predicted molar refractivity (Wildman–Crippen MR) is 170 cm³/mol. The van der Waals surface area contributed by atoms with Crippen LogP contribution in [0, 0.1) is 19.7 Å². The third-order valence-electron chi connectivity index (χ3n) is 6.19. The molecule has 208 valence electrons. The molecule has 1 fully saturated rings. The van der Waals surface area contributed by atoms with E-state index < -0.39 is 0 Å². The summed E-state index contributed by atoms with van der Waals surface area (Å²) in [4.78, 5) is 20.4. The average Bonchev–Trinajstić information content (AvgIpc) is 3.21. The smallest absolute Gasteiger partial charge is 0.271 e. The molecule has 0 N–H and O–H groups in total. The summed E-state index contributed by atoms with van der Waals surface area (Å²) >= 11 is 26.9. The van der Waals surface area contributed by atoms with E-state index in [-0.39, 0.29) is 34.1 Å². The number of halogens is 5. The molecular weight excluding hydrogens is 625 g/mol. The number of hydrogen-bond donors (Lipinski definition) is 0. The maximum absolute atomic E-state index is 13.7. The van der Waals surface area contributed by atoms with Crippen molar-refractivity contribution < 1.29 is 13.9 Å². The number of ether oxygens (including phenoxy) is 1. The zero-order valence-electron chi connectivity index (χ0n) is 21.7. The number of aliphatic imine (C=N–C) groups is 1. The number of carbonyl (C=O) groups is 1. The van der Waals surface area contributed by atoms with Crippen LogP contribution in [0.25, 0.3) is 6.08 Å². The van der Waals surface area contributed by atoms with E-state index in [0.29, 0.717) is 42.6 Å². The Labute approximate surface area is 261 Å². The van der Waals surface area contributed by atoms with Gasteiger partial charge in [0.15, 0.2) is 10.9 Å². The maximum atomic E-state index is 13.7. The summed E-state index contributed by atoms with van der Waals surface area (Å²) < 4.78 is 19.3. The molecule has 0 bridgehead atoms. The third kappa shape index (κ3) is 6.74. The zero-order valence-corrected chi connectivity index (χ0v) is 25.6. The zero-order chi connectivity index (χ0) is 29.3. The third-order valence-corrected chi connectivity index (χ3v) is 8.54. The second-order valence-electron chi connectivity index (χ2n) is 9.24. The second kappa shape index (κ2) is 12.5. The number of aryl methyl sites for hydroxylation is 2. The van der Waals surface area contributed by atoms with Crippen molar-refractivity contribution in [3.05, 3.63) is 126 Å². The number of hydrogen-bond acceptors (Lipinski definition) is 4. The minimum Gasteiger partial charge on any atom is -0.486 e. The van der Waals surface area contributed by atoms with Crippen molar-refractivity contribution >= 4 is 86.7 Å². The van der Waals surface area contributed by atoms with E-state index in [1.54, 1.807) is 42.5 Å². The van der Waals surface area contributed by atoms with Crippen LogP contribution in [0.5, 0.6) is 5.75 Å². The molecule has 0 radical (unpaired) electrons. The van der Waals surface area contributed by atoms with Crippen LogP contribution in [0.3, 0.4) is 0 Å². The summed E-state index contributed by atoms with van der Waals surface area (Å²) in [5.74, 6) is -0.385. The normalized spacial score (nSPS) is 15.3.